The number of carbonyl (C=O) groups excluding carboxylic acids is 3. The molecule has 2 aromatic rings. The van der Waals surface area contributed by atoms with E-state index >= 15 is 0 Å². The lowest BCUT2D eigenvalue weighted by atomic mass is 10.0. The highest BCUT2D eigenvalue weighted by molar-refractivity contribution is 6.07. The van der Waals surface area contributed by atoms with Crippen molar-refractivity contribution in [2.45, 2.75) is 45.6 Å². The molecule has 2 heterocycles. The third-order valence-electron chi connectivity index (χ3n) is 5.89. The Kier molecular flexibility index (Phi) is 6.44. The van der Waals surface area contributed by atoms with Gasteiger partial charge in [0.05, 0.1) is 5.69 Å². The largest absolute Gasteiger partial charge is 0.479 e. The first kappa shape index (κ1) is 21.9. The SMILES string of the molecule is CCCC(=O)c1ccc2c(c1)N(CC(=O)Nc1ccc(N3CCCC3)cc1)C(=O)C(C)O2. The van der Waals surface area contributed by atoms with Crippen LogP contribution in [0.3, 0.4) is 0 Å². The van der Waals surface area contributed by atoms with E-state index in [-0.39, 0.29) is 24.1 Å². The van der Waals surface area contributed by atoms with Gasteiger partial charge in [-0.25, -0.2) is 0 Å². The van der Waals surface area contributed by atoms with E-state index in [1.807, 2.05) is 31.2 Å². The number of nitrogens with one attached hydrogen (secondary N) is 1. The molecule has 2 amide bonds. The van der Waals surface area contributed by atoms with Gasteiger partial charge in [-0.1, -0.05) is 6.92 Å². The van der Waals surface area contributed by atoms with Gasteiger partial charge in [-0.2, -0.15) is 0 Å². The van der Waals surface area contributed by atoms with Crippen molar-refractivity contribution in [2.75, 3.05) is 34.8 Å². The molecule has 0 radical (unpaired) electrons. The zero-order chi connectivity index (χ0) is 22.7. The summed E-state index contributed by atoms with van der Waals surface area (Å²) in [5.74, 6) is -0.119. The highest BCUT2D eigenvalue weighted by Crippen LogP contribution is 2.35. The quantitative estimate of drug-likeness (QED) is 0.665. The van der Waals surface area contributed by atoms with Gasteiger partial charge in [-0.05, 0) is 68.7 Å². The number of rotatable bonds is 7. The molecule has 7 heteroatoms. The Hall–Kier alpha value is -3.35. The molecule has 2 aliphatic rings. The summed E-state index contributed by atoms with van der Waals surface area (Å²) >= 11 is 0. The third kappa shape index (κ3) is 4.61. The summed E-state index contributed by atoms with van der Waals surface area (Å²) in [7, 11) is 0. The highest BCUT2D eigenvalue weighted by Gasteiger charge is 2.33. The standard InChI is InChI=1S/C25H29N3O4/c1-3-6-22(29)18-7-12-23-21(15-18)28(25(31)17(2)32-23)16-24(30)26-19-8-10-20(11-9-19)27-13-4-5-14-27/h7-12,15,17H,3-6,13-14,16H2,1-2H3,(H,26,30). The number of ketones is 1. The van der Waals surface area contributed by atoms with Crippen LogP contribution in [0.4, 0.5) is 17.1 Å². The maximum atomic E-state index is 12.8. The molecule has 1 atom stereocenters. The second kappa shape index (κ2) is 9.42. The van der Waals surface area contributed by atoms with Crippen molar-refractivity contribution >= 4 is 34.7 Å². The van der Waals surface area contributed by atoms with E-state index in [9.17, 15) is 14.4 Å². The van der Waals surface area contributed by atoms with Crippen LogP contribution in [0.2, 0.25) is 0 Å². The van der Waals surface area contributed by atoms with E-state index in [0.717, 1.165) is 25.2 Å². The number of hydrogen-bond acceptors (Lipinski definition) is 5. The summed E-state index contributed by atoms with van der Waals surface area (Å²) in [6.45, 7) is 5.57. The average Bonchev–Trinajstić information content (AvgIpc) is 3.32. The monoisotopic (exact) mass is 435 g/mol. The summed E-state index contributed by atoms with van der Waals surface area (Å²) in [5.41, 5.74) is 2.80. The Labute approximate surface area is 188 Å². The molecule has 168 valence electrons. The molecule has 0 aromatic heterocycles. The zero-order valence-corrected chi connectivity index (χ0v) is 18.6. The average molecular weight is 436 g/mol. The minimum Gasteiger partial charge on any atom is -0.479 e. The van der Waals surface area contributed by atoms with Crippen LogP contribution < -0.4 is 19.9 Å². The molecule has 1 saturated heterocycles. The summed E-state index contributed by atoms with van der Waals surface area (Å²) in [5, 5.41) is 2.87. The number of Topliss-reactive ketones (excluding diaryl/α,β-unsaturated/α-hetero) is 1. The molecule has 0 aliphatic carbocycles. The van der Waals surface area contributed by atoms with Gasteiger partial charge in [0.1, 0.15) is 12.3 Å². The van der Waals surface area contributed by atoms with Crippen LogP contribution in [0.25, 0.3) is 0 Å². The molecule has 32 heavy (non-hydrogen) atoms. The molecule has 2 aromatic carbocycles. The second-order valence-electron chi connectivity index (χ2n) is 8.33. The van der Waals surface area contributed by atoms with E-state index in [1.54, 1.807) is 25.1 Å². The Morgan fingerprint density at radius 1 is 1.09 bits per heavy atom. The fourth-order valence-electron chi connectivity index (χ4n) is 4.19. The maximum Gasteiger partial charge on any atom is 0.268 e. The summed E-state index contributed by atoms with van der Waals surface area (Å²) in [6.07, 6.45) is 2.88. The van der Waals surface area contributed by atoms with Crippen molar-refractivity contribution in [2.24, 2.45) is 0 Å². The molecule has 0 saturated carbocycles. The Morgan fingerprint density at radius 2 is 1.81 bits per heavy atom. The normalized spacial score (nSPS) is 17.7. The van der Waals surface area contributed by atoms with Gasteiger partial charge in [0.25, 0.3) is 5.91 Å². The first-order chi connectivity index (χ1) is 15.5. The van der Waals surface area contributed by atoms with E-state index in [4.69, 9.17) is 4.74 Å². The minimum atomic E-state index is -0.702. The van der Waals surface area contributed by atoms with Crippen LogP contribution in [0.5, 0.6) is 5.75 Å². The van der Waals surface area contributed by atoms with Gasteiger partial charge < -0.3 is 15.0 Å². The fourth-order valence-corrected chi connectivity index (χ4v) is 4.19. The predicted octanol–water partition coefficient (Wildman–Crippen LogP) is 4.02. The van der Waals surface area contributed by atoms with Crippen molar-refractivity contribution in [3.8, 4) is 5.75 Å². The van der Waals surface area contributed by atoms with Crippen molar-refractivity contribution in [3.63, 3.8) is 0 Å². The van der Waals surface area contributed by atoms with Crippen LogP contribution in [-0.2, 0) is 9.59 Å². The summed E-state index contributed by atoms with van der Waals surface area (Å²) in [6, 6.07) is 12.8. The Morgan fingerprint density at radius 3 is 2.50 bits per heavy atom. The molecule has 4 rings (SSSR count). The lowest BCUT2D eigenvalue weighted by Crippen LogP contribution is -2.47. The number of amides is 2. The highest BCUT2D eigenvalue weighted by atomic mass is 16.5. The van der Waals surface area contributed by atoms with Gasteiger partial charge in [-0.15, -0.1) is 0 Å². The van der Waals surface area contributed by atoms with E-state index in [1.165, 1.54) is 17.7 Å². The van der Waals surface area contributed by atoms with Crippen LogP contribution in [0.15, 0.2) is 42.5 Å². The number of fused-ring (bicyclic) bond motifs is 1. The van der Waals surface area contributed by atoms with Crippen molar-refractivity contribution in [1.29, 1.82) is 0 Å². The lowest BCUT2D eigenvalue weighted by molar-refractivity contribution is -0.127. The second-order valence-corrected chi connectivity index (χ2v) is 8.33. The van der Waals surface area contributed by atoms with E-state index < -0.39 is 6.10 Å². The number of nitrogens with zero attached hydrogens (tertiary/aromatic N) is 2. The van der Waals surface area contributed by atoms with Crippen LogP contribution in [0, 0.1) is 0 Å². The van der Waals surface area contributed by atoms with Crippen molar-refractivity contribution < 1.29 is 19.1 Å². The molecule has 2 aliphatic heterocycles. The van der Waals surface area contributed by atoms with Crippen LogP contribution in [-0.4, -0.2) is 43.3 Å². The van der Waals surface area contributed by atoms with Crippen LogP contribution in [0.1, 0.15) is 49.9 Å². The Bertz CT molecular complexity index is 1010. The van der Waals surface area contributed by atoms with Gasteiger partial charge >= 0.3 is 0 Å². The maximum absolute atomic E-state index is 12.8. The molecule has 1 unspecified atom stereocenters. The first-order valence-corrected chi connectivity index (χ1v) is 11.3. The van der Waals surface area contributed by atoms with Gasteiger partial charge in [0, 0.05) is 36.4 Å². The van der Waals surface area contributed by atoms with E-state index in [2.05, 4.69) is 10.2 Å². The molecule has 0 bridgehead atoms. The third-order valence-corrected chi connectivity index (χ3v) is 5.89. The van der Waals surface area contributed by atoms with E-state index in [0.29, 0.717) is 29.1 Å². The van der Waals surface area contributed by atoms with Crippen LogP contribution >= 0.6 is 0 Å². The van der Waals surface area contributed by atoms with Gasteiger partial charge in [-0.3, -0.25) is 19.3 Å². The summed E-state index contributed by atoms with van der Waals surface area (Å²) in [4.78, 5) is 41.7. The number of benzene rings is 2. The van der Waals surface area contributed by atoms with Crippen molar-refractivity contribution in [1.82, 2.24) is 0 Å². The Balaban J connectivity index is 1.49. The topological polar surface area (TPSA) is 79.0 Å². The molecule has 1 N–H and O–H groups in total. The predicted molar refractivity (Wildman–Crippen MR) is 125 cm³/mol. The molecule has 0 spiro atoms. The number of anilines is 3. The number of hydrogen-bond donors (Lipinski definition) is 1. The first-order valence-electron chi connectivity index (χ1n) is 11.3. The molecular weight excluding hydrogens is 406 g/mol. The number of ether oxygens (including phenoxy) is 1. The molecule has 1 fully saturated rings. The summed E-state index contributed by atoms with van der Waals surface area (Å²) < 4.78 is 5.69. The molecular formula is C25H29N3O4. The van der Waals surface area contributed by atoms with Gasteiger partial charge in [0.2, 0.25) is 5.91 Å². The van der Waals surface area contributed by atoms with Crippen molar-refractivity contribution in [3.05, 3.63) is 48.0 Å². The minimum absolute atomic E-state index is 0.00358. The van der Waals surface area contributed by atoms with Gasteiger partial charge in [0.15, 0.2) is 11.9 Å². The number of carbonyl (C=O) groups is 3. The molecule has 7 nitrogen and oxygen atoms in total. The fraction of sp³-hybridized carbons (Fsp3) is 0.400. The lowest BCUT2D eigenvalue weighted by Gasteiger charge is -2.32. The zero-order valence-electron chi connectivity index (χ0n) is 18.6. The smallest absolute Gasteiger partial charge is 0.268 e.